The van der Waals surface area contributed by atoms with Crippen LogP contribution in [0.25, 0.3) is 0 Å². The van der Waals surface area contributed by atoms with E-state index in [0.29, 0.717) is 0 Å². The number of nitriles is 1. The summed E-state index contributed by atoms with van der Waals surface area (Å²) < 4.78 is 0. The molecule has 0 amide bonds. The summed E-state index contributed by atoms with van der Waals surface area (Å²) in [5, 5.41) is 19.6. The molecule has 0 spiro atoms. The SMILES string of the molecule is CC(C)(C)c1ccc(N/N=C(\C#N)C(=N)N)cc1. The van der Waals surface area contributed by atoms with Crippen LogP contribution in [0.4, 0.5) is 5.69 Å². The van der Waals surface area contributed by atoms with E-state index in [4.69, 9.17) is 16.4 Å². The minimum atomic E-state index is -0.351. The molecular formula is C13H17N5. The first-order chi connectivity index (χ1) is 8.34. The Kier molecular flexibility index (Phi) is 4.05. The highest BCUT2D eigenvalue weighted by Gasteiger charge is 2.12. The second kappa shape index (κ2) is 5.32. The van der Waals surface area contributed by atoms with Gasteiger partial charge in [-0.25, -0.2) is 0 Å². The highest BCUT2D eigenvalue weighted by Crippen LogP contribution is 2.23. The third-order valence-electron chi connectivity index (χ3n) is 2.41. The van der Waals surface area contributed by atoms with Gasteiger partial charge in [-0.3, -0.25) is 10.8 Å². The first-order valence-electron chi connectivity index (χ1n) is 5.53. The van der Waals surface area contributed by atoms with Crippen LogP contribution in [0.15, 0.2) is 29.4 Å². The van der Waals surface area contributed by atoms with Gasteiger partial charge in [-0.05, 0) is 23.1 Å². The molecule has 5 heteroatoms. The molecule has 0 aliphatic heterocycles. The van der Waals surface area contributed by atoms with Crippen LogP contribution in [-0.2, 0) is 5.41 Å². The fourth-order valence-corrected chi connectivity index (χ4v) is 1.31. The van der Waals surface area contributed by atoms with Gasteiger partial charge >= 0.3 is 0 Å². The summed E-state index contributed by atoms with van der Waals surface area (Å²) in [6, 6.07) is 9.49. The number of hydrogen-bond donors (Lipinski definition) is 3. The molecule has 5 nitrogen and oxygen atoms in total. The van der Waals surface area contributed by atoms with Crippen LogP contribution in [0.3, 0.4) is 0 Å². The van der Waals surface area contributed by atoms with Gasteiger partial charge in [-0.2, -0.15) is 10.4 Å². The fraction of sp³-hybridized carbons (Fsp3) is 0.308. The summed E-state index contributed by atoms with van der Waals surface area (Å²) in [5.74, 6) is -0.351. The number of nitrogens with two attached hydrogens (primary N) is 1. The van der Waals surface area contributed by atoms with Gasteiger partial charge in [0.1, 0.15) is 6.07 Å². The van der Waals surface area contributed by atoms with E-state index in [1.54, 1.807) is 6.07 Å². The smallest absolute Gasteiger partial charge is 0.201 e. The van der Waals surface area contributed by atoms with Crippen LogP contribution in [-0.4, -0.2) is 11.5 Å². The normalized spacial score (nSPS) is 11.8. The summed E-state index contributed by atoms with van der Waals surface area (Å²) >= 11 is 0. The zero-order valence-electron chi connectivity index (χ0n) is 10.8. The predicted octanol–water partition coefficient (Wildman–Crippen LogP) is 2.21. The zero-order chi connectivity index (χ0) is 13.8. The molecule has 0 heterocycles. The number of rotatable bonds is 3. The van der Waals surface area contributed by atoms with Crippen molar-refractivity contribution in [2.45, 2.75) is 26.2 Å². The van der Waals surface area contributed by atoms with Crippen molar-refractivity contribution in [3.8, 4) is 6.07 Å². The van der Waals surface area contributed by atoms with Crippen molar-refractivity contribution in [2.75, 3.05) is 5.43 Å². The maximum absolute atomic E-state index is 8.68. The van der Waals surface area contributed by atoms with Gasteiger partial charge < -0.3 is 5.73 Å². The van der Waals surface area contributed by atoms with E-state index in [-0.39, 0.29) is 17.0 Å². The van der Waals surface area contributed by atoms with Crippen molar-refractivity contribution in [2.24, 2.45) is 10.8 Å². The Morgan fingerprint density at radius 1 is 1.33 bits per heavy atom. The molecule has 0 saturated carbocycles. The highest BCUT2D eigenvalue weighted by molar-refractivity contribution is 6.45. The third-order valence-corrected chi connectivity index (χ3v) is 2.41. The van der Waals surface area contributed by atoms with Crippen LogP contribution in [0.1, 0.15) is 26.3 Å². The number of amidine groups is 1. The van der Waals surface area contributed by atoms with Gasteiger partial charge in [0.05, 0.1) is 5.69 Å². The standard InChI is InChI=1S/C13H17N5/c1-13(2,3)9-4-6-10(7-5-9)17-18-11(8-14)12(15)16/h4-7,17H,1-3H3,(H3,15,16)/b18-11+. The number of nitrogens with one attached hydrogen (secondary N) is 2. The Labute approximate surface area is 107 Å². The molecule has 0 saturated heterocycles. The second-order valence-corrected chi connectivity index (χ2v) is 4.93. The van der Waals surface area contributed by atoms with E-state index in [0.717, 1.165) is 5.69 Å². The molecule has 0 radical (unpaired) electrons. The minimum Gasteiger partial charge on any atom is -0.382 e. The van der Waals surface area contributed by atoms with Gasteiger partial charge in [-0.1, -0.05) is 32.9 Å². The van der Waals surface area contributed by atoms with Crippen molar-refractivity contribution in [3.05, 3.63) is 29.8 Å². The number of hydrogen-bond acceptors (Lipinski definition) is 4. The molecule has 0 aromatic heterocycles. The quantitative estimate of drug-likeness (QED) is 0.431. The lowest BCUT2D eigenvalue weighted by molar-refractivity contribution is 0.590. The van der Waals surface area contributed by atoms with Gasteiger partial charge in [0.2, 0.25) is 5.71 Å². The maximum Gasteiger partial charge on any atom is 0.201 e. The van der Waals surface area contributed by atoms with Gasteiger partial charge in [0.25, 0.3) is 0 Å². The Hall–Kier alpha value is -2.35. The number of nitrogens with zero attached hydrogens (tertiary/aromatic N) is 2. The minimum absolute atomic E-state index is 0.0962. The fourth-order valence-electron chi connectivity index (χ4n) is 1.31. The number of benzene rings is 1. The van der Waals surface area contributed by atoms with E-state index >= 15 is 0 Å². The molecule has 94 valence electrons. The number of anilines is 1. The number of hydrazone groups is 1. The maximum atomic E-state index is 8.68. The second-order valence-electron chi connectivity index (χ2n) is 4.93. The summed E-state index contributed by atoms with van der Waals surface area (Å²) in [7, 11) is 0. The summed E-state index contributed by atoms with van der Waals surface area (Å²) in [4.78, 5) is 0. The lowest BCUT2D eigenvalue weighted by atomic mass is 9.87. The first kappa shape index (κ1) is 13.7. The first-order valence-corrected chi connectivity index (χ1v) is 5.53. The van der Waals surface area contributed by atoms with Crippen molar-refractivity contribution < 1.29 is 0 Å². The van der Waals surface area contributed by atoms with Gasteiger partial charge in [-0.15, -0.1) is 0 Å². The molecule has 0 fully saturated rings. The predicted molar refractivity (Wildman–Crippen MR) is 73.7 cm³/mol. The van der Waals surface area contributed by atoms with Crippen molar-refractivity contribution in [1.82, 2.24) is 0 Å². The Balaban J connectivity index is 2.83. The third kappa shape index (κ3) is 3.59. The lowest BCUT2D eigenvalue weighted by Crippen LogP contribution is -2.21. The van der Waals surface area contributed by atoms with Gasteiger partial charge in [0, 0.05) is 0 Å². The van der Waals surface area contributed by atoms with E-state index in [1.165, 1.54) is 5.56 Å². The lowest BCUT2D eigenvalue weighted by Gasteiger charge is -2.18. The molecular weight excluding hydrogens is 226 g/mol. The van der Waals surface area contributed by atoms with Crippen LogP contribution < -0.4 is 11.2 Å². The monoisotopic (exact) mass is 243 g/mol. The highest BCUT2D eigenvalue weighted by atomic mass is 15.3. The molecule has 0 aliphatic carbocycles. The molecule has 4 N–H and O–H groups in total. The van der Waals surface area contributed by atoms with Crippen LogP contribution in [0, 0.1) is 16.7 Å². The molecule has 1 rings (SSSR count). The summed E-state index contributed by atoms with van der Waals surface area (Å²) in [6.07, 6.45) is 0. The topological polar surface area (TPSA) is 98.0 Å². The Morgan fingerprint density at radius 3 is 2.28 bits per heavy atom. The van der Waals surface area contributed by atoms with Crippen LogP contribution >= 0.6 is 0 Å². The summed E-state index contributed by atoms with van der Waals surface area (Å²) in [5.41, 5.74) is 9.81. The van der Waals surface area contributed by atoms with Crippen molar-refractivity contribution in [3.63, 3.8) is 0 Å². The molecule has 0 aliphatic rings. The van der Waals surface area contributed by atoms with E-state index in [1.807, 2.05) is 24.3 Å². The molecule has 0 bridgehead atoms. The summed E-state index contributed by atoms with van der Waals surface area (Å²) in [6.45, 7) is 6.41. The average molecular weight is 243 g/mol. The molecule has 0 atom stereocenters. The van der Waals surface area contributed by atoms with E-state index < -0.39 is 0 Å². The molecule has 1 aromatic carbocycles. The zero-order valence-corrected chi connectivity index (χ0v) is 10.8. The average Bonchev–Trinajstić information content (AvgIpc) is 2.29. The van der Waals surface area contributed by atoms with E-state index in [2.05, 4.69) is 31.3 Å². The van der Waals surface area contributed by atoms with E-state index in [9.17, 15) is 0 Å². The van der Waals surface area contributed by atoms with Crippen molar-refractivity contribution >= 4 is 17.2 Å². The van der Waals surface area contributed by atoms with Crippen LogP contribution in [0.2, 0.25) is 0 Å². The molecule has 0 unspecified atom stereocenters. The molecule has 1 aromatic rings. The Morgan fingerprint density at radius 2 is 1.89 bits per heavy atom. The van der Waals surface area contributed by atoms with Crippen molar-refractivity contribution in [1.29, 1.82) is 10.7 Å². The largest absolute Gasteiger partial charge is 0.382 e. The Bertz CT molecular complexity index is 500. The van der Waals surface area contributed by atoms with Crippen LogP contribution in [0.5, 0.6) is 0 Å². The van der Waals surface area contributed by atoms with Gasteiger partial charge in [0.15, 0.2) is 5.84 Å². The molecule has 18 heavy (non-hydrogen) atoms.